The second-order valence-electron chi connectivity index (χ2n) is 1.38. The fourth-order valence-corrected chi connectivity index (χ4v) is 0.238. The molecule has 0 aliphatic heterocycles. The lowest BCUT2D eigenvalue weighted by atomic mass is 10.3. The van der Waals surface area contributed by atoms with Gasteiger partial charge in [-0.05, 0) is 0 Å². The SMILES string of the molecule is OC(CCF)C(F)F. The van der Waals surface area contributed by atoms with E-state index in [4.69, 9.17) is 5.11 Å². The number of aliphatic hydroxyl groups is 1. The van der Waals surface area contributed by atoms with Crippen LogP contribution in [0.15, 0.2) is 0 Å². The van der Waals surface area contributed by atoms with E-state index in [9.17, 15) is 13.2 Å². The summed E-state index contributed by atoms with van der Waals surface area (Å²) in [4.78, 5) is 0. The quantitative estimate of drug-likeness (QED) is 0.600. The molecular weight excluding hydrogens is 121 g/mol. The van der Waals surface area contributed by atoms with Gasteiger partial charge in [-0.1, -0.05) is 0 Å². The molecule has 1 nitrogen and oxygen atoms in total. The molecule has 0 spiro atoms. The van der Waals surface area contributed by atoms with Gasteiger partial charge in [0.1, 0.15) is 6.10 Å². The number of hydrogen-bond acceptors (Lipinski definition) is 1. The number of alkyl halides is 3. The molecule has 0 rings (SSSR count). The largest absolute Gasteiger partial charge is 0.387 e. The third kappa shape index (κ3) is 2.85. The fourth-order valence-electron chi connectivity index (χ4n) is 0.238. The zero-order valence-electron chi connectivity index (χ0n) is 4.15. The third-order valence-electron chi connectivity index (χ3n) is 0.696. The summed E-state index contributed by atoms with van der Waals surface area (Å²) in [6, 6.07) is 0. The van der Waals surface area contributed by atoms with Gasteiger partial charge in [0.15, 0.2) is 0 Å². The van der Waals surface area contributed by atoms with Gasteiger partial charge in [-0.3, -0.25) is 4.39 Å². The van der Waals surface area contributed by atoms with Gasteiger partial charge in [-0.15, -0.1) is 0 Å². The Morgan fingerprint density at radius 3 is 2.00 bits per heavy atom. The lowest BCUT2D eigenvalue weighted by Crippen LogP contribution is -2.17. The van der Waals surface area contributed by atoms with Crippen molar-refractivity contribution in [2.45, 2.75) is 19.0 Å². The van der Waals surface area contributed by atoms with E-state index < -0.39 is 25.6 Å². The van der Waals surface area contributed by atoms with Gasteiger partial charge >= 0.3 is 0 Å². The Balaban J connectivity index is 3.17. The highest BCUT2D eigenvalue weighted by Gasteiger charge is 2.15. The molecule has 1 atom stereocenters. The summed E-state index contributed by atoms with van der Waals surface area (Å²) < 4.78 is 33.5. The van der Waals surface area contributed by atoms with Crippen molar-refractivity contribution in [2.75, 3.05) is 6.67 Å². The summed E-state index contributed by atoms with van der Waals surface area (Å²) in [5.74, 6) is 0. The molecule has 0 aromatic rings. The third-order valence-corrected chi connectivity index (χ3v) is 0.696. The van der Waals surface area contributed by atoms with Crippen LogP contribution in [0.2, 0.25) is 0 Å². The summed E-state index contributed by atoms with van der Waals surface area (Å²) in [6.07, 6.45) is -5.08. The Labute approximate surface area is 45.1 Å². The highest BCUT2D eigenvalue weighted by molar-refractivity contribution is 4.55. The van der Waals surface area contributed by atoms with Gasteiger partial charge in [-0.2, -0.15) is 0 Å². The van der Waals surface area contributed by atoms with Gasteiger partial charge in [0.05, 0.1) is 6.67 Å². The van der Waals surface area contributed by atoms with E-state index in [1.807, 2.05) is 0 Å². The normalized spacial score (nSPS) is 14.6. The van der Waals surface area contributed by atoms with Crippen molar-refractivity contribution in [3.8, 4) is 0 Å². The molecule has 1 unspecified atom stereocenters. The second-order valence-corrected chi connectivity index (χ2v) is 1.38. The molecule has 50 valence electrons. The monoisotopic (exact) mass is 128 g/mol. The lowest BCUT2D eigenvalue weighted by molar-refractivity contribution is -0.0118. The Hall–Kier alpha value is -0.250. The molecule has 0 saturated heterocycles. The number of rotatable bonds is 3. The van der Waals surface area contributed by atoms with Gasteiger partial charge < -0.3 is 5.11 Å². The smallest absolute Gasteiger partial charge is 0.264 e. The van der Waals surface area contributed by atoms with Crippen molar-refractivity contribution in [1.29, 1.82) is 0 Å². The molecule has 0 aromatic heterocycles. The number of hydrogen-bond donors (Lipinski definition) is 1. The van der Waals surface area contributed by atoms with Crippen LogP contribution in [0.3, 0.4) is 0 Å². The van der Waals surface area contributed by atoms with E-state index in [0.29, 0.717) is 0 Å². The molecule has 0 amide bonds. The highest BCUT2D eigenvalue weighted by atomic mass is 19.3. The molecule has 1 N–H and O–H groups in total. The predicted molar refractivity (Wildman–Crippen MR) is 22.6 cm³/mol. The Morgan fingerprint density at radius 1 is 1.38 bits per heavy atom. The zero-order valence-corrected chi connectivity index (χ0v) is 4.15. The maximum absolute atomic E-state index is 11.2. The van der Waals surface area contributed by atoms with Gasteiger partial charge in [0.25, 0.3) is 6.43 Å². The van der Waals surface area contributed by atoms with Gasteiger partial charge in [-0.25, -0.2) is 8.78 Å². The lowest BCUT2D eigenvalue weighted by Gasteiger charge is -2.03. The van der Waals surface area contributed by atoms with E-state index in [1.165, 1.54) is 0 Å². The molecule has 0 aliphatic carbocycles. The molecule has 0 saturated carbocycles. The van der Waals surface area contributed by atoms with Crippen molar-refractivity contribution in [2.24, 2.45) is 0 Å². The van der Waals surface area contributed by atoms with E-state index in [1.54, 1.807) is 0 Å². The molecular formula is C4H7F3O. The summed E-state index contributed by atoms with van der Waals surface area (Å²) in [6.45, 7) is -0.897. The van der Waals surface area contributed by atoms with Crippen molar-refractivity contribution in [3.05, 3.63) is 0 Å². The molecule has 0 heterocycles. The van der Waals surface area contributed by atoms with Crippen molar-refractivity contribution in [1.82, 2.24) is 0 Å². The maximum atomic E-state index is 11.2. The molecule has 0 bridgehead atoms. The average molecular weight is 128 g/mol. The molecule has 0 fully saturated rings. The minimum atomic E-state index is -2.81. The van der Waals surface area contributed by atoms with Crippen LogP contribution in [0, 0.1) is 0 Å². The van der Waals surface area contributed by atoms with Crippen LogP contribution in [0.25, 0.3) is 0 Å². The Morgan fingerprint density at radius 2 is 1.88 bits per heavy atom. The summed E-state index contributed by atoms with van der Waals surface area (Å²) in [7, 11) is 0. The number of aliphatic hydroxyl groups excluding tert-OH is 1. The van der Waals surface area contributed by atoms with Crippen LogP contribution >= 0.6 is 0 Å². The molecule has 0 aromatic carbocycles. The first-order chi connectivity index (χ1) is 3.68. The van der Waals surface area contributed by atoms with Crippen LogP contribution in [0.5, 0.6) is 0 Å². The first kappa shape index (κ1) is 7.75. The molecule has 0 aliphatic rings. The second kappa shape index (κ2) is 3.72. The van der Waals surface area contributed by atoms with Crippen LogP contribution in [-0.4, -0.2) is 24.3 Å². The Kier molecular flexibility index (Phi) is 3.60. The molecule has 0 radical (unpaired) electrons. The van der Waals surface area contributed by atoms with E-state index in [-0.39, 0.29) is 0 Å². The zero-order chi connectivity index (χ0) is 6.57. The summed E-state index contributed by atoms with van der Waals surface area (Å²) in [5, 5.41) is 8.14. The minimum absolute atomic E-state index is 0.475. The van der Waals surface area contributed by atoms with E-state index >= 15 is 0 Å². The first-order valence-electron chi connectivity index (χ1n) is 2.20. The van der Waals surface area contributed by atoms with Crippen LogP contribution in [-0.2, 0) is 0 Å². The van der Waals surface area contributed by atoms with E-state index in [0.717, 1.165) is 0 Å². The van der Waals surface area contributed by atoms with Crippen molar-refractivity contribution < 1.29 is 18.3 Å². The molecule has 8 heavy (non-hydrogen) atoms. The number of halogens is 3. The van der Waals surface area contributed by atoms with Crippen molar-refractivity contribution in [3.63, 3.8) is 0 Å². The fraction of sp³-hybridized carbons (Fsp3) is 1.00. The van der Waals surface area contributed by atoms with Crippen molar-refractivity contribution >= 4 is 0 Å². The summed E-state index contributed by atoms with van der Waals surface area (Å²) >= 11 is 0. The maximum Gasteiger partial charge on any atom is 0.264 e. The first-order valence-corrected chi connectivity index (χ1v) is 2.20. The van der Waals surface area contributed by atoms with Crippen LogP contribution in [0.4, 0.5) is 13.2 Å². The predicted octanol–water partition coefficient (Wildman–Crippen LogP) is 0.972. The van der Waals surface area contributed by atoms with Gasteiger partial charge in [0.2, 0.25) is 0 Å². The minimum Gasteiger partial charge on any atom is -0.387 e. The topological polar surface area (TPSA) is 20.2 Å². The average Bonchev–Trinajstić information content (AvgIpc) is 1.67. The van der Waals surface area contributed by atoms with Gasteiger partial charge in [0, 0.05) is 6.42 Å². The highest BCUT2D eigenvalue weighted by Crippen LogP contribution is 2.03. The van der Waals surface area contributed by atoms with Crippen LogP contribution < -0.4 is 0 Å². The Bertz CT molecular complexity index is 57.2. The van der Waals surface area contributed by atoms with E-state index in [2.05, 4.69) is 0 Å². The van der Waals surface area contributed by atoms with Crippen LogP contribution in [0.1, 0.15) is 6.42 Å². The molecule has 4 heteroatoms. The standard InChI is InChI=1S/C4H7F3O/c5-2-1-3(8)4(6)7/h3-4,8H,1-2H2. The summed E-state index contributed by atoms with van der Waals surface area (Å²) in [5.41, 5.74) is 0.